The van der Waals surface area contributed by atoms with E-state index < -0.39 is 5.60 Å². The van der Waals surface area contributed by atoms with E-state index in [2.05, 4.69) is 10.2 Å². The lowest BCUT2D eigenvalue weighted by molar-refractivity contribution is -0.219. The lowest BCUT2D eigenvalue weighted by Gasteiger charge is -2.57. The van der Waals surface area contributed by atoms with Crippen LogP contribution in [0.5, 0.6) is 0 Å². The van der Waals surface area contributed by atoms with E-state index >= 15 is 0 Å². The highest BCUT2D eigenvalue weighted by Crippen LogP contribution is 2.44. The number of carbonyl (C=O) groups excluding carboxylic acids is 1. The van der Waals surface area contributed by atoms with Crippen LogP contribution in [0.1, 0.15) is 18.4 Å². The summed E-state index contributed by atoms with van der Waals surface area (Å²) in [5, 5.41) is 14.3. The maximum absolute atomic E-state index is 12.5. The predicted molar refractivity (Wildman–Crippen MR) is 96.5 cm³/mol. The smallest absolute Gasteiger partial charge is 0.234 e. The van der Waals surface area contributed by atoms with Crippen LogP contribution < -0.4 is 5.32 Å². The molecule has 0 radical (unpaired) electrons. The fraction of sp³-hybridized carbons (Fsp3) is 0.650. The molecule has 26 heavy (non-hydrogen) atoms. The second-order valence-corrected chi connectivity index (χ2v) is 7.74. The van der Waals surface area contributed by atoms with Crippen molar-refractivity contribution in [3.63, 3.8) is 0 Å². The molecule has 6 nitrogen and oxygen atoms in total. The number of hydrogen-bond acceptors (Lipinski definition) is 5. The maximum Gasteiger partial charge on any atom is 0.234 e. The number of carbonyl (C=O) groups is 1. The third-order valence-electron chi connectivity index (χ3n) is 6.24. The van der Waals surface area contributed by atoms with Gasteiger partial charge in [0.2, 0.25) is 5.91 Å². The number of benzene rings is 1. The van der Waals surface area contributed by atoms with Crippen LogP contribution in [0.15, 0.2) is 30.3 Å². The molecule has 0 saturated carbocycles. The average Bonchev–Trinajstić information content (AvgIpc) is 2.68. The van der Waals surface area contributed by atoms with Crippen LogP contribution in [0.2, 0.25) is 0 Å². The SMILES string of the molecule is O=C(CN1C[C@H]2COCC[C@@]2(O)[C@@H]2COCC[C@@H]21)NCc1ccccc1. The highest BCUT2D eigenvalue weighted by Gasteiger charge is 2.55. The summed E-state index contributed by atoms with van der Waals surface area (Å²) < 4.78 is 11.3. The normalized spacial score (nSPS) is 34.6. The number of rotatable bonds is 4. The number of hydrogen-bond donors (Lipinski definition) is 2. The lowest BCUT2D eigenvalue weighted by Crippen LogP contribution is -2.68. The van der Waals surface area contributed by atoms with Gasteiger partial charge in [0.05, 0.1) is 25.4 Å². The molecule has 3 aliphatic heterocycles. The maximum atomic E-state index is 12.5. The molecule has 0 aliphatic carbocycles. The third-order valence-corrected chi connectivity index (χ3v) is 6.24. The molecule has 4 atom stereocenters. The number of likely N-dealkylation sites (tertiary alicyclic amines) is 1. The van der Waals surface area contributed by atoms with Crippen molar-refractivity contribution in [3.05, 3.63) is 35.9 Å². The van der Waals surface area contributed by atoms with Crippen molar-refractivity contribution in [3.8, 4) is 0 Å². The Kier molecular flexibility index (Phi) is 5.27. The highest BCUT2D eigenvalue weighted by molar-refractivity contribution is 5.78. The lowest BCUT2D eigenvalue weighted by atomic mass is 9.66. The molecule has 1 aromatic rings. The second-order valence-electron chi connectivity index (χ2n) is 7.74. The van der Waals surface area contributed by atoms with E-state index in [0.29, 0.717) is 52.5 Å². The molecule has 142 valence electrons. The van der Waals surface area contributed by atoms with Crippen molar-refractivity contribution in [1.29, 1.82) is 0 Å². The van der Waals surface area contributed by atoms with Crippen LogP contribution in [0.4, 0.5) is 0 Å². The number of amides is 1. The van der Waals surface area contributed by atoms with Crippen LogP contribution >= 0.6 is 0 Å². The molecule has 3 heterocycles. The first kappa shape index (κ1) is 17.9. The minimum atomic E-state index is -0.722. The first-order valence-corrected chi connectivity index (χ1v) is 9.59. The Morgan fingerprint density at radius 2 is 2.04 bits per heavy atom. The van der Waals surface area contributed by atoms with Crippen LogP contribution in [0.3, 0.4) is 0 Å². The third kappa shape index (κ3) is 3.51. The van der Waals surface area contributed by atoms with Crippen LogP contribution in [-0.4, -0.2) is 67.1 Å². The van der Waals surface area contributed by atoms with E-state index in [9.17, 15) is 9.90 Å². The first-order valence-electron chi connectivity index (χ1n) is 9.59. The summed E-state index contributed by atoms with van der Waals surface area (Å²) in [7, 11) is 0. The molecule has 1 aromatic carbocycles. The van der Waals surface area contributed by atoms with Gasteiger partial charge in [0.1, 0.15) is 0 Å². The topological polar surface area (TPSA) is 71.0 Å². The van der Waals surface area contributed by atoms with E-state index in [1.807, 2.05) is 30.3 Å². The second kappa shape index (κ2) is 7.64. The molecule has 3 aliphatic rings. The quantitative estimate of drug-likeness (QED) is 0.831. The van der Waals surface area contributed by atoms with Gasteiger partial charge in [-0.3, -0.25) is 9.69 Å². The van der Waals surface area contributed by atoms with Gasteiger partial charge < -0.3 is 19.9 Å². The van der Waals surface area contributed by atoms with Crippen LogP contribution in [0, 0.1) is 11.8 Å². The Bertz CT molecular complexity index is 625. The van der Waals surface area contributed by atoms with Gasteiger partial charge in [-0.05, 0) is 12.0 Å². The number of aliphatic hydroxyl groups is 1. The Hall–Kier alpha value is -1.47. The van der Waals surface area contributed by atoms with Gasteiger partial charge in [0.25, 0.3) is 0 Å². The Balaban J connectivity index is 1.41. The van der Waals surface area contributed by atoms with Crippen molar-refractivity contribution in [2.24, 2.45) is 11.8 Å². The summed E-state index contributed by atoms with van der Waals surface area (Å²) in [6.07, 6.45) is 1.53. The minimum absolute atomic E-state index is 0.0289. The van der Waals surface area contributed by atoms with Gasteiger partial charge in [-0.2, -0.15) is 0 Å². The number of piperidine rings is 1. The molecule has 0 bridgehead atoms. The summed E-state index contributed by atoms with van der Waals surface area (Å²) in [6, 6.07) is 10.1. The molecule has 0 spiro atoms. The van der Waals surface area contributed by atoms with E-state index in [1.165, 1.54) is 0 Å². The summed E-state index contributed by atoms with van der Waals surface area (Å²) >= 11 is 0. The molecule has 2 N–H and O–H groups in total. The molecule has 0 unspecified atom stereocenters. The van der Waals surface area contributed by atoms with Crippen molar-refractivity contribution in [2.75, 3.05) is 39.5 Å². The van der Waals surface area contributed by atoms with Gasteiger partial charge >= 0.3 is 0 Å². The molecular formula is C20H28N2O4. The molecule has 4 rings (SSSR count). The molecule has 3 saturated heterocycles. The molecule has 0 aromatic heterocycles. The van der Waals surface area contributed by atoms with Crippen molar-refractivity contribution in [1.82, 2.24) is 10.2 Å². The van der Waals surface area contributed by atoms with Crippen LogP contribution in [0.25, 0.3) is 0 Å². The molecule has 1 amide bonds. The largest absolute Gasteiger partial charge is 0.389 e. The Morgan fingerprint density at radius 1 is 1.23 bits per heavy atom. The van der Waals surface area contributed by atoms with Crippen molar-refractivity contribution in [2.45, 2.75) is 31.0 Å². The molecule has 3 fully saturated rings. The van der Waals surface area contributed by atoms with Gasteiger partial charge in [0, 0.05) is 50.6 Å². The Labute approximate surface area is 154 Å². The fourth-order valence-electron chi connectivity index (χ4n) is 4.79. The highest BCUT2D eigenvalue weighted by atomic mass is 16.5. The van der Waals surface area contributed by atoms with Crippen molar-refractivity contribution >= 4 is 5.91 Å². The van der Waals surface area contributed by atoms with Gasteiger partial charge in [0.15, 0.2) is 0 Å². The molecule has 6 heteroatoms. The zero-order valence-electron chi connectivity index (χ0n) is 15.1. The minimum Gasteiger partial charge on any atom is -0.389 e. The summed E-state index contributed by atoms with van der Waals surface area (Å²) in [6.45, 7) is 4.04. The van der Waals surface area contributed by atoms with Gasteiger partial charge in [-0.25, -0.2) is 0 Å². The number of ether oxygens (including phenoxy) is 2. The summed E-state index contributed by atoms with van der Waals surface area (Å²) in [5.74, 6) is 0.128. The predicted octanol–water partition coefficient (Wildman–Crippen LogP) is 0.791. The standard InChI is InChI=1S/C20H28N2O4/c23-19(21-10-15-4-2-1-3-5-15)12-22-11-16-13-26-9-7-20(16,24)17-14-25-8-6-18(17)22/h1-5,16-18,24H,6-14H2,(H,21,23)/t16-,17+,18-,20-/m0/s1. The number of nitrogens with zero attached hydrogens (tertiary/aromatic N) is 1. The van der Waals surface area contributed by atoms with E-state index in [0.717, 1.165) is 12.0 Å². The van der Waals surface area contributed by atoms with Gasteiger partial charge in [-0.1, -0.05) is 30.3 Å². The zero-order chi connectivity index (χ0) is 18.0. The summed E-state index contributed by atoms with van der Waals surface area (Å²) in [4.78, 5) is 14.8. The van der Waals surface area contributed by atoms with E-state index in [1.54, 1.807) is 0 Å². The number of fused-ring (bicyclic) bond motifs is 3. The average molecular weight is 360 g/mol. The monoisotopic (exact) mass is 360 g/mol. The van der Waals surface area contributed by atoms with Crippen LogP contribution in [-0.2, 0) is 20.8 Å². The van der Waals surface area contributed by atoms with E-state index in [-0.39, 0.29) is 23.8 Å². The number of nitrogens with one attached hydrogen (secondary N) is 1. The Morgan fingerprint density at radius 3 is 2.88 bits per heavy atom. The summed E-state index contributed by atoms with van der Waals surface area (Å²) in [5.41, 5.74) is 0.374. The zero-order valence-corrected chi connectivity index (χ0v) is 15.1. The first-order chi connectivity index (χ1) is 12.7. The van der Waals surface area contributed by atoms with E-state index in [4.69, 9.17) is 9.47 Å². The van der Waals surface area contributed by atoms with Gasteiger partial charge in [-0.15, -0.1) is 0 Å². The van der Waals surface area contributed by atoms with Crippen molar-refractivity contribution < 1.29 is 19.4 Å². The molecular weight excluding hydrogens is 332 g/mol. The fourth-order valence-corrected chi connectivity index (χ4v) is 4.79.